The van der Waals surface area contributed by atoms with Crippen molar-refractivity contribution in [2.75, 3.05) is 0 Å². The molecule has 0 aliphatic rings. The van der Waals surface area contributed by atoms with E-state index in [9.17, 15) is 4.79 Å². The van der Waals surface area contributed by atoms with E-state index in [1.165, 1.54) is 5.56 Å². The van der Waals surface area contributed by atoms with Crippen LogP contribution in [0.4, 0.5) is 0 Å². The van der Waals surface area contributed by atoms with Gasteiger partial charge < -0.3 is 10.5 Å². The zero-order chi connectivity index (χ0) is 12.1. The summed E-state index contributed by atoms with van der Waals surface area (Å²) in [5.41, 5.74) is 6.40. The average molecular weight is 221 g/mol. The second kappa shape index (κ2) is 5.54. The molecular weight excluding hydrogens is 202 g/mol. The summed E-state index contributed by atoms with van der Waals surface area (Å²) in [7, 11) is 0. The molecular formula is C13H19NO2. The lowest BCUT2D eigenvalue weighted by Gasteiger charge is -2.13. The van der Waals surface area contributed by atoms with E-state index in [1.807, 2.05) is 24.3 Å². The molecule has 1 aromatic carbocycles. The summed E-state index contributed by atoms with van der Waals surface area (Å²) in [5.74, 6) is 0.770. The van der Waals surface area contributed by atoms with Crippen LogP contribution < -0.4 is 10.5 Å². The van der Waals surface area contributed by atoms with Crippen LogP contribution in [0.25, 0.3) is 0 Å². The molecule has 0 heterocycles. The third-order valence-corrected chi connectivity index (χ3v) is 2.78. The topological polar surface area (TPSA) is 52.3 Å². The number of hydrogen-bond donors (Lipinski definition) is 1. The molecule has 3 nitrogen and oxygen atoms in total. The van der Waals surface area contributed by atoms with Gasteiger partial charge in [-0.3, -0.25) is 4.79 Å². The Morgan fingerprint density at radius 2 is 1.88 bits per heavy atom. The number of carbonyl (C=O) groups excluding carboxylic acids is 1. The van der Waals surface area contributed by atoms with Crippen LogP contribution in [0.3, 0.4) is 0 Å². The van der Waals surface area contributed by atoms with Crippen LogP contribution >= 0.6 is 0 Å². The molecule has 1 amide bonds. The molecule has 1 aromatic rings. The molecule has 0 saturated heterocycles. The van der Waals surface area contributed by atoms with Gasteiger partial charge in [0, 0.05) is 0 Å². The maximum atomic E-state index is 10.8. The van der Waals surface area contributed by atoms with Gasteiger partial charge in [-0.25, -0.2) is 0 Å². The van der Waals surface area contributed by atoms with Crippen molar-refractivity contribution in [2.45, 2.75) is 39.2 Å². The van der Waals surface area contributed by atoms with Crippen molar-refractivity contribution in [1.29, 1.82) is 0 Å². The summed E-state index contributed by atoms with van der Waals surface area (Å²) in [6.45, 7) is 5.98. The zero-order valence-electron chi connectivity index (χ0n) is 10.1. The number of carbonyl (C=O) groups is 1. The van der Waals surface area contributed by atoms with Gasteiger partial charge in [0.15, 0.2) is 6.10 Å². The molecule has 0 bridgehead atoms. The van der Waals surface area contributed by atoms with Crippen LogP contribution in [0.15, 0.2) is 24.3 Å². The number of ether oxygens (including phenoxy) is 1. The zero-order valence-corrected chi connectivity index (χ0v) is 10.1. The second-order valence-corrected chi connectivity index (χ2v) is 4.04. The molecule has 0 radical (unpaired) electrons. The lowest BCUT2D eigenvalue weighted by Crippen LogP contribution is -2.30. The quantitative estimate of drug-likeness (QED) is 0.830. The first-order valence-electron chi connectivity index (χ1n) is 5.60. The molecule has 0 aliphatic heterocycles. The highest BCUT2D eigenvalue weighted by Crippen LogP contribution is 2.21. The summed E-state index contributed by atoms with van der Waals surface area (Å²) in [6, 6.07) is 7.80. The predicted octanol–water partition coefficient (Wildman–Crippen LogP) is 2.45. The minimum atomic E-state index is -0.588. The fourth-order valence-corrected chi connectivity index (χ4v) is 1.37. The van der Waals surface area contributed by atoms with E-state index in [4.69, 9.17) is 10.5 Å². The Bertz CT molecular complexity index is 345. The lowest BCUT2D eigenvalue weighted by atomic mass is 9.99. The van der Waals surface area contributed by atoms with E-state index in [0.717, 1.165) is 6.42 Å². The van der Waals surface area contributed by atoms with Crippen LogP contribution in [0.1, 0.15) is 38.7 Å². The van der Waals surface area contributed by atoms with Crippen LogP contribution in [-0.4, -0.2) is 12.0 Å². The lowest BCUT2D eigenvalue weighted by molar-refractivity contribution is -0.123. The minimum Gasteiger partial charge on any atom is -0.481 e. The number of amides is 1. The summed E-state index contributed by atoms with van der Waals surface area (Å²) < 4.78 is 5.37. The summed E-state index contributed by atoms with van der Waals surface area (Å²) >= 11 is 0. The van der Waals surface area contributed by atoms with E-state index >= 15 is 0 Å². The fraction of sp³-hybridized carbons (Fsp3) is 0.462. The van der Waals surface area contributed by atoms with Crippen LogP contribution in [0, 0.1) is 0 Å². The van der Waals surface area contributed by atoms with Crippen molar-refractivity contribution < 1.29 is 9.53 Å². The van der Waals surface area contributed by atoms with E-state index in [0.29, 0.717) is 11.7 Å². The van der Waals surface area contributed by atoms with Crippen molar-refractivity contribution in [1.82, 2.24) is 0 Å². The van der Waals surface area contributed by atoms with Crippen molar-refractivity contribution in [3.05, 3.63) is 29.8 Å². The van der Waals surface area contributed by atoms with Gasteiger partial charge in [-0.05, 0) is 37.0 Å². The highest BCUT2D eigenvalue weighted by atomic mass is 16.5. The SMILES string of the molecule is CC[C@@H](C)c1ccc(O[C@H](C)C(N)=O)cc1. The van der Waals surface area contributed by atoms with Crippen LogP contribution in [0.2, 0.25) is 0 Å². The van der Waals surface area contributed by atoms with E-state index in [1.54, 1.807) is 6.92 Å². The van der Waals surface area contributed by atoms with Crippen LogP contribution in [0.5, 0.6) is 5.75 Å². The number of primary amides is 1. The van der Waals surface area contributed by atoms with E-state index < -0.39 is 12.0 Å². The average Bonchev–Trinajstić information content (AvgIpc) is 2.28. The molecule has 0 saturated carbocycles. The van der Waals surface area contributed by atoms with Gasteiger partial charge >= 0.3 is 0 Å². The number of rotatable bonds is 5. The maximum absolute atomic E-state index is 10.8. The molecule has 0 fully saturated rings. The van der Waals surface area contributed by atoms with Gasteiger partial charge in [-0.2, -0.15) is 0 Å². The predicted molar refractivity (Wildman–Crippen MR) is 64.4 cm³/mol. The Kier molecular flexibility index (Phi) is 4.35. The van der Waals surface area contributed by atoms with Crippen LogP contribution in [-0.2, 0) is 4.79 Å². The number of hydrogen-bond acceptors (Lipinski definition) is 2. The Balaban J connectivity index is 2.68. The highest BCUT2D eigenvalue weighted by molar-refractivity contribution is 5.78. The largest absolute Gasteiger partial charge is 0.481 e. The maximum Gasteiger partial charge on any atom is 0.258 e. The standard InChI is InChI=1S/C13H19NO2/c1-4-9(2)11-5-7-12(8-6-11)16-10(3)13(14)15/h5-10H,4H2,1-3H3,(H2,14,15)/t9-,10-/m1/s1. The molecule has 2 N–H and O–H groups in total. The molecule has 88 valence electrons. The molecule has 3 heteroatoms. The number of benzene rings is 1. The molecule has 1 rings (SSSR count). The second-order valence-electron chi connectivity index (χ2n) is 4.04. The van der Waals surface area contributed by atoms with Gasteiger partial charge in [-0.1, -0.05) is 26.0 Å². The van der Waals surface area contributed by atoms with Gasteiger partial charge in [0.05, 0.1) is 0 Å². The molecule has 2 atom stereocenters. The molecule has 16 heavy (non-hydrogen) atoms. The molecule has 0 aliphatic carbocycles. The normalized spacial score (nSPS) is 14.2. The van der Waals surface area contributed by atoms with Gasteiger partial charge in [0.2, 0.25) is 0 Å². The van der Waals surface area contributed by atoms with Crippen molar-refractivity contribution >= 4 is 5.91 Å². The Morgan fingerprint density at radius 3 is 2.31 bits per heavy atom. The third-order valence-electron chi connectivity index (χ3n) is 2.78. The van der Waals surface area contributed by atoms with Gasteiger partial charge in [0.25, 0.3) is 5.91 Å². The smallest absolute Gasteiger partial charge is 0.258 e. The molecule has 0 unspecified atom stereocenters. The third kappa shape index (κ3) is 3.26. The first kappa shape index (κ1) is 12.6. The number of nitrogens with two attached hydrogens (primary N) is 1. The Morgan fingerprint density at radius 1 is 1.31 bits per heavy atom. The first-order chi connectivity index (χ1) is 7.54. The van der Waals surface area contributed by atoms with E-state index in [-0.39, 0.29) is 0 Å². The fourth-order valence-electron chi connectivity index (χ4n) is 1.37. The van der Waals surface area contributed by atoms with Gasteiger partial charge in [-0.15, -0.1) is 0 Å². The Hall–Kier alpha value is -1.51. The minimum absolute atomic E-state index is 0.453. The van der Waals surface area contributed by atoms with Crippen molar-refractivity contribution in [3.8, 4) is 5.75 Å². The summed E-state index contributed by atoms with van der Waals surface area (Å²) in [6.07, 6.45) is 0.521. The molecule has 0 aromatic heterocycles. The monoisotopic (exact) mass is 221 g/mol. The first-order valence-corrected chi connectivity index (χ1v) is 5.60. The van der Waals surface area contributed by atoms with Crippen molar-refractivity contribution in [3.63, 3.8) is 0 Å². The Labute approximate surface area is 96.6 Å². The highest BCUT2D eigenvalue weighted by Gasteiger charge is 2.10. The summed E-state index contributed by atoms with van der Waals surface area (Å²) in [5, 5.41) is 0. The summed E-state index contributed by atoms with van der Waals surface area (Å²) in [4.78, 5) is 10.8. The van der Waals surface area contributed by atoms with E-state index in [2.05, 4.69) is 13.8 Å². The molecule has 0 spiro atoms. The van der Waals surface area contributed by atoms with Crippen molar-refractivity contribution in [2.24, 2.45) is 5.73 Å². The van der Waals surface area contributed by atoms with Gasteiger partial charge in [0.1, 0.15) is 5.75 Å².